The molecule has 2 aromatic carbocycles. The van der Waals surface area contributed by atoms with Crippen molar-refractivity contribution >= 4 is 16.0 Å². The Morgan fingerprint density at radius 2 is 1.79 bits per heavy atom. The molecular formula is C26H31F3N2O2S. The Hall–Kier alpha value is -2.74. The van der Waals surface area contributed by atoms with E-state index in [-0.39, 0.29) is 12.3 Å². The number of carbonyl (C=O) groups is 1. The summed E-state index contributed by atoms with van der Waals surface area (Å²) in [6.07, 6.45) is 0.400. The van der Waals surface area contributed by atoms with Gasteiger partial charge in [0, 0.05) is 17.5 Å². The van der Waals surface area contributed by atoms with Crippen molar-refractivity contribution in [2.75, 3.05) is 12.0 Å². The van der Waals surface area contributed by atoms with Crippen molar-refractivity contribution in [3.05, 3.63) is 71.0 Å². The fourth-order valence-electron chi connectivity index (χ4n) is 3.97. The lowest BCUT2D eigenvalue weighted by Gasteiger charge is -2.36. The van der Waals surface area contributed by atoms with Gasteiger partial charge >= 0.3 is 12.1 Å². The quantitative estimate of drug-likeness (QED) is 0.361. The molecule has 0 aliphatic rings. The molecule has 3 aromatic rings. The van der Waals surface area contributed by atoms with Gasteiger partial charge in [0.2, 0.25) is 0 Å². The highest BCUT2D eigenvalue weighted by Gasteiger charge is 2.31. The van der Waals surface area contributed by atoms with Gasteiger partial charge in [0.15, 0.2) is 0 Å². The average molecular weight is 493 g/mol. The van der Waals surface area contributed by atoms with Crippen LogP contribution in [-0.4, -0.2) is 32.9 Å². The molecule has 0 spiro atoms. The molecule has 3 rings (SSSR count). The molecule has 0 amide bonds. The second kappa shape index (κ2) is 9.86. The van der Waals surface area contributed by atoms with Crippen LogP contribution in [0, 0.1) is 6.92 Å². The molecule has 1 atom stereocenters. The Kier molecular flexibility index (Phi) is 7.50. The van der Waals surface area contributed by atoms with E-state index in [9.17, 15) is 18.0 Å². The molecule has 1 unspecified atom stereocenters. The predicted molar refractivity (Wildman–Crippen MR) is 130 cm³/mol. The number of benzene rings is 2. The topological polar surface area (TPSA) is 55.1 Å². The molecule has 0 radical (unpaired) electrons. The minimum atomic E-state index is -4.38. The summed E-state index contributed by atoms with van der Waals surface area (Å²) in [6, 6.07) is 11.3. The first kappa shape index (κ1) is 25.9. The summed E-state index contributed by atoms with van der Waals surface area (Å²) in [5.41, 5.74) is 2.92. The summed E-state index contributed by atoms with van der Waals surface area (Å²) in [4.78, 5) is 13.3. The molecule has 0 saturated heterocycles. The molecule has 1 N–H and O–H groups in total. The number of rotatable bonds is 8. The first-order chi connectivity index (χ1) is 15.9. The van der Waals surface area contributed by atoms with E-state index in [1.807, 2.05) is 19.2 Å². The molecule has 1 heterocycles. The van der Waals surface area contributed by atoms with Crippen LogP contribution in [0.1, 0.15) is 55.5 Å². The highest BCUT2D eigenvalue weighted by atomic mass is 32.3. The highest BCUT2D eigenvalue weighted by molar-refractivity contribution is 8.33. The minimum absolute atomic E-state index is 0.0927. The predicted octanol–water partition coefficient (Wildman–Crippen LogP) is 7.21. The summed E-state index contributed by atoms with van der Waals surface area (Å²) in [7, 11) is -1.48. The van der Waals surface area contributed by atoms with E-state index in [1.165, 1.54) is 17.0 Å². The molecule has 0 fully saturated rings. The number of aliphatic carboxylic acids is 1. The van der Waals surface area contributed by atoms with Crippen molar-refractivity contribution in [3.63, 3.8) is 0 Å². The Morgan fingerprint density at radius 1 is 1.15 bits per heavy atom. The van der Waals surface area contributed by atoms with E-state index in [1.54, 1.807) is 4.68 Å². The second-order valence-corrected chi connectivity index (χ2v) is 12.5. The van der Waals surface area contributed by atoms with Crippen LogP contribution in [-0.2, 0) is 17.4 Å². The lowest BCUT2D eigenvalue weighted by Crippen LogP contribution is -2.07. The zero-order chi connectivity index (χ0) is 25.3. The third kappa shape index (κ3) is 5.32. The summed E-state index contributed by atoms with van der Waals surface area (Å²) in [5, 5.41) is 13.8. The van der Waals surface area contributed by atoms with Crippen LogP contribution in [0.5, 0.6) is 0 Å². The van der Waals surface area contributed by atoms with E-state index < -0.39 is 27.7 Å². The average Bonchev–Trinajstić information content (AvgIpc) is 3.23. The number of carboxylic acid groups (broad SMARTS) is 1. The number of aryl methyl sites for hydroxylation is 2. The van der Waals surface area contributed by atoms with Crippen LogP contribution >= 0.6 is 10.0 Å². The van der Waals surface area contributed by atoms with Crippen LogP contribution in [0.15, 0.2) is 58.5 Å². The molecule has 34 heavy (non-hydrogen) atoms. The van der Waals surface area contributed by atoms with Gasteiger partial charge in [0.25, 0.3) is 0 Å². The van der Waals surface area contributed by atoms with Gasteiger partial charge in [-0.2, -0.15) is 28.3 Å². The number of carboxylic acids is 1. The van der Waals surface area contributed by atoms with Gasteiger partial charge < -0.3 is 5.11 Å². The normalized spacial score (nSPS) is 14.7. The molecule has 4 nitrogen and oxygen atoms in total. The number of hydrogen-bond acceptors (Lipinski definition) is 2. The van der Waals surface area contributed by atoms with E-state index >= 15 is 0 Å². The summed E-state index contributed by atoms with van der Waals surface area (Å²) in [5.74, 6) is 0.198. The molecule has 8 heteroatoms. The molecule has 1 aromatic heterocycles. The van der Waals surface area contributed by atoms with Gasteiger partial charge in [-0.1, -0.05) is 26.8 Å². The van der Waals surface area contributed by atoms with Gasteiger partial charge in [-0.15, -0.1) is 0 Å². The van der Waals surface area contributed by atoms with Gasteiger partial charge in [-0.3, -0.25) is 4.79 Å². The van der Waals surface area contributed by atoms with Crippen molar-refractivity contribution in [3.8, 4) is 5.69 Å². The van der Waals surface area contributed by atoms with Crippen molar-refractivity contribution in [1.82, 2.24) is 9.78 Å². The number of halogens is 3. The number of alkyl halides is 3. The van der Waals surface area contributed by atoms with Crippen molar-refractivity contribution < 1.29 is 23.1 Å². The monoisotopic (exact) mass is 492 g/mol. The molecule has 0 bridgehead atoms. The summed E-state index contributed by atoms with van der Waals surface area (Å²) >= 11 is 0. The van der Waals surface area contributed by atoms with Gasteiger partial charge in [0.1, 0.15) is 0 Å². The Balaban J connectivity index is 2.05. The standard InChI is InChI=1S/C26H31F3N2O2S/c1-6-34(5,22-13-7-19(18(4)15-22)8-14-24(32)33)23-16-31(30-25(23)17(2)3)21-11-9-20(10-12-21)26(27,28)29/h7,9-13,15-17H,6,8,14H2,1-5H3,(H,32,33). The van der Waals surface area contributed by atoms with Gasteiger partial charge in [-0.25, -0.2) is 4.68 Å². The smallest absolute Gasteiger partial charge is 0.416 e. The zero-order valence-corrected chi connectivity index (χ0v) is 20.9. The van der Waals surface area contributed by atoms with Gasteiger partial charge in [0.05, 0.1) is 16.9 Å². The fourth-order valence-corrected chi connectivity index (χ4v) is 6.75. The Labute approximate surface area is 200 Å². The summed E-state index contributed by atoms with van der Waals surface area (Å²) < 4.78 is 40.6. The molecule has 0 aliphatic heterocycles. The molecule has 184 valence electrons. The van der Waals surface area contributed by atoms with Crippen LogP contribution in [0.25, 0.3) is 5.69 Å². The minimum Gasteiger partial charge on any atom is -0.481 e. The van der Waals surface area contributed by atoms with Crippen LogP contribution in [0.2, 0.25) is 0 Å². The maximum atomic E-state index is 13.0. The van der Waals surface area contributed by atoms with E-state index in [0.29, 0.717) is 12.1 Å². The van der Waals surface area contributed by atoms with Gasteiger partial charge in [-0.05, 0) is 83.7 Å². The van der Waals surface area contributed by atoms with E-state index in [2.05, 4.69) is 39.2 Å². The van der Waals surface area contributed by atoms with Crippen molar-refractivity contribution in [2.45, 2.75) is 62.4 Å². The first-order valence-corrected chi connectivity index (χ1v) is 13.4. The molecule has 0 saturated carbocycles. The number of hydrogen-bond donors (Lipinski definition) is 1. The highest BCUT2D eigenvalue weighted by Crippen LogP contribution is 2.61. The first-order valence-electron chi connectivity index (χ1n) is 11.2. The van der Waals surface area contributed by atoms with E-state index in [4.69, 9.17) is 10.2 Å². The van der Waals surface area contributed by atoms with Crippen molar-refractivity contribution in [2.24, 2.45) is 0 Å². The SMILES string of the molecule is CCS(C)(c1ccc(CCC(=O)O)c(C)c1)c1cn(-c2ccc(C(F)(F)F)cc2)nc1C(C)C. The lowest BCUT2D eigenvalue weighted by molar-refractivity contribution is -0.138. The second-order valence-electron chi connectivity index (χ2n) is 8.88. The Morgan fingerprint density at radius 3 is 2.29 bits per heavy atom. The number of aromatic nitrogens is 2. The van der Waals surface area contributed by atoms with Crippen molar-refractivity contribution in [1.29, 1.82) is 0 Å². The maximum absolute atomic E-state index is 13.0. The summed E-state index contributed by atoms with van der Waals surface area (Å²) in [6.45, 7) is 8.28. The van der Waals surface area contributed by atoms with Crippen LogP contribution in [0.3, 0.4) is 0 Å². The lowest BCUT2D eigenvalue weighted by atomic mass is 10.0. The zero-order valence-electron chi connectivity index (χ0n) is 20.1. The maximum Gasteiger partial charge on any atom is 0.416 e. The molecule has 0 aliphatic carbocycles. The third-order valence-corrected chi connectivity index (χ3v) is 9.95. The third-order valence-electron chi connectivity index (χ3n) is 6.22. The largest absolute Gasteiger partial charge is 0.481 e. The van der Waals surface area contributed by atoms with E-state index in [0.717, 1.165) is 39.6 Å². The van der Waals surface area contributed by atoms with Crippen LogP contribution < -0.4 is 0 Å². The Bertz CT molecular complexity index is 1170. The van der Waals surface area contributed by atoms with Crippen LogP contribution in [0.4, 0.5) is 13.2 Å². The number of nitrogens with zero attached hydrogens (tertiary/aromatic N) is 2. The fraction of sp³-hybridized carbons (Fsp3) is 0.385. The molecular weight excluding hydrogens is 461 g/mol.